The molecule has 0 heterocycles. The van der Waals surface area contributed by atoms with Crippen molar-refractivity contribution < 1.29 is 13.2 Å². The first kappa shape index (κ1) is 24.7. The lowest BCUT2D eigenvalue weighted by atomic mass is 9.99. The summed E-state index contributed by atoms with van der Waals surface area (Å²) in [4.78, 5) is 0. The summed E-state index contributed by atoms with van der Waals surface area (Å²) in [6.45, 7) is 6.60. The fourth-order valence-electron chi connectivity index (χ4n) is 4.37. The van der Waals surface area contributed by atoms with E-state index in [1.807, 2.05) is 12.1 Å². The fourth-order valence-corrected chi connectivity index (χ4v) is 7.96. The highest BCUT2D eigenvalue weighted by atomic mass is 35.5. The Hall–Kier alpha value is -0.943. The number of halogens is 4. The second-order valence-corrected chi connectivity index (χ2v) is 14.2. The van der Waals surface area contributed by atoms with Crippen molar-refractivity contribution in [2.75, 3.05) is 0 Å². The Morgan fingerprint density at radius 3 is 1.97 bits per heavy atom. The Balaban J connectivity index is 1.84. The minimum absolute atomic E-state index is 0.210. The SMILES string of the molecule is CC[Si](CC)(CC)OC(CCCc1cc(F)cc(F)c1)c1c(Cl)cc(C2CC2)cc1Cl. The van der Waals surface area contributed by atoms with E-state index in [0.29, 0.717) is 34.4 Å². The van der Waals surface area contributed by atoms with Crippen LogP contribution in [-0.2, 0) is 10.8 Å². The van der Waals surface area contributed by atoms with E-state index in [1.54, 1.807) is 0 Å². The van der Waals surface area contributed by atoms with Crippen LogP contribution in [0.25, 0.3) is 0 Å². The molecule has 0 amide bonds. The molecule has 1 fully saturated rings. The van der Waals surface area contributed by atoms with Gasteiger partial charge in [0.1, 0.15) is 11.6 Å². The molecule has 0 radical (unpaired) electrons. The quantitative estimate of drug-likeness (QED) is 0.288. The summed E-state index contributed by atoms with van der Waals surface area (Å²) in [5, 5.41) is 1.34. The third kappa shape index (κ3) is 6.31. The molecule has 0 bridgehead atoms. The average Bonchev–Trinajstić information content (AvgIpc) is 3.56. The van der Waals surface area contributed by atoms with E-state index in [-0.39, 0.29) is 6.10 Å². The summed E-state index contributed by atoms with van der Waals surface area (Å²) < 4.78 is 34.0. The first-order valence-corrected chi connectivity index (χ1v) is 14.7. The first-order chi connectivity index (χ1) is 14.8. The molecule has 1 aliphatic rings. The van der Waals surface area contributed by atoms with Gasteiger partial charge in [0.05, 0.1) is 6.10 Å². The fraction of sp³-hybridized carbons (Fsp3) is 0.520. The standard InChI is InChI=1S/C25H32Cl2F2OSi/c1-4-31(5-2,6-3)30-24(9-7-8-17-12-20(28)16-21(29)13-17)25-22(26)14-19(15-23(25)27)18-10-11-18/h12-16,18,24H,4-11H2,1-3H3. The Bertz CT molecular complexity index is 846. The lowest BCUT2D eigenvalue weighted by Crippen LogP contribution is -2.37. The molecule has 1 aliphatic carbocycles. The van der Waals surface area contributed by atoms with Gasteiger partial charge in [-0.15, -0.1) is 0 Å². The highest BCUT2D eigenvalue weighted by Crippen LogP contribution is 2.45. The van der Waals surface area contributed by atoms with Crippen molar-refractivity contribution in [3.63, 3.8) is 0 Å². The zero-order valence-electron chi connectivity index (χ0n) is 18.6. The maximum Gasteiger partial charge on any atom is 0.192 e. The van der Waals surface area contributed by atoms with Crippen LogP contribution in [0.2, 0.25) is 28.2 Å². The minimum atomic E-state index is -1.92. The molecule has 0 spiro atoms. The van der Waals surface area contributed by atoms with E-state index >= 15 is 0 Å². The molecular weight excluding hydrogens is 453 g/mol. The topological polar surface area (TPSA) is 9.23 Å². The van der Waals surface area contributed by atoms with Gasteiger partial charge in [0.2, 0.25) is 0 Å². The molecule has 3 rings (SSSR count). The second-order valence-electron chi connectivity index (χ2n) is 8.69. The molecule has 0 saturated heterocycles. The monoisotopic (exact) mass is 484 g/mol. The molecule has 6 heteroatoms. The van der Waals surface area contributed by atoms with Crippen LogP contribution in [0.15, 0.2) is 30.3 Å². The van der Waals surface area contributed by atoms with Crippen molar-refractivity contribution in [1.29, 1.82) is 0 Å². The molecule has 0 aromatic heterocycles. The Morgan fingerprint density at radius 1 is 0.935 bits per heavy atom. The van der Waals surface area contributed by atoms with Crippen LogP contribution in [-0.4, -0.2) is 8.32 Å². The number of hydrogen-bond donors (Lipinski definition) is 0. The van der Waals surface area contributed by atoms with Crippen LogP contribution in [0, 0.1) is 11.6 Å². The van der Waals surface area contributed by atoms with Crippen molar-refractivity contribution in [2.24, 2.45) is 0 Å². The molecule has 1 saturated carbocycles. The summed E-state index contributed by atoms with van der Waals surface area (Å²) in [7, 11) is -1.92. The van der Waals surface area contributed by atoms with Crippen LogP contribution in [0.1, 0.15) is 75.2 Å². The highest BCUT2D eigenvalue weighted by molar-refractivity contribution is 6.73. The number of hydrogen-bond acceptors (Lipinski definition) is 1. The summed E-state index contributed by atoms with van der Waals surface area (Å²) in [6, 6.07) is 10.9. The van der Waals surface area contributed by atoms with Gasteiger partial charge in [0, 0.05) is 21.7 Å². The zero-order chi connectivity index (χ0) is 22.6. The third-order valence-corrected chi connectivity index (χ3v) is 11.9. The van der Waals surface area contributed by atoms with Gasteiger partial charge >= 0.3 is 0 Å². The molecule has 0 aliphatic heterocycles. The third-order valence-electron chi connectivity index (χ3n) is 6.65. The van der Waals surface area contributed by atoms with Crippen molar-refractivity contribution in [2.45, 2.75) is 83.0 Å². The molecular formula is C25H32Cl2F2OSi. The van der Waals surface area contributed by atoms with Crippen LogP contribution in [0.4, 0.5) is 8.78 Å². The zero-order valence-corrected chi connectivity index (χ0v) is 21.1. The Kier molecular flexibility index (Phi) is 8.59. The summed E-state index contributed by atoms with van der Waals surface area (Å²) in [5.41, 5.74) is 2.73. The highest BCUT2D eigenvalue weighted by Gasteiger charge is 2.34. The molecule has 0 N–H and O–H groups in total. The Labute approximate surface area is 196 Å². The number of rotatable bonds is 11. The van der Waals surface area contributed by atoms with Gasteiger partial charge in [0.15, 0.2) is 8.32 Å². The minimum Gasteiger partial charge on any atom is -0.410 e. The van der Waals surface area contributed by atoms with Gasteiger partial charge in [-0.1, -0.05) is 44.0 Å². The number of benzene rings is 2. The van der Waals surface area contributed by atoms with Gasteiger partial charge in [0.25, 0.3) is 0 Å². The lowest BCUT2D eigenvalue weighted by Gasteiger charge is -2.34. The van der Waals surface area contributed by atoms with Crippen LogP contribution in [0.5, 0.6) is 0 Å². The predicted octanol–water partition coefficient (Wildman–Crippen LogP) is 9.23. The first-order valence-electron chi connectivity index (χ1n) is 11.4. The molecule has 1 unspecified atom stereocenters. The van der Waals surface area contributed by atoms with Gasteiger partial charge < -0.3 is 4.43 Å². The van der Waals surface area contributed by atoms with Crippen LogP contribution in [0.3, 0.4) is 0 Å². The lowest BCUT2D eigenvalue weighted by molar-refractivity contribution is 0.177. The molecule has 1 atom stereocenters. The summed E-state index contributed by atoms with van der Waals surface area (Å²) in [5.74, 6) is -0.514. The van der Waals surface area contributed by atoms with Crippen molar-refractivity contribution in [3.8, 4) is 0 Å². The number of aryl methyl sites for hydroxylation is 1. The van der Waals surface area contributed by atoms with Crippen LogP contribution >= 0.6 is 23.2 Å². The summed E-state index contributed by atoms with van der Waals surface area (Å²) in [6.07, 6.45) is 4.17. The molecule has 2 aromatic rings. The Morgan fingerprint density at radius 2 is 1.48 bits per heavy atom. The van der Waals surface area contributed by atoms with E-state index in [0.717, 1.165) is 36.2 Å². The summed E-state index contributed by atoms with van der Waals surface area (Å²) >= 11 is 13.5. The smallest absolute Gasteiger partial charge is 0.192 e. The van der Waals surface area contributed by atoms with Gasteiger partial charge in [-0.05, 0) is 91.5 Å². The van der Waals surface area contributed by atoms with E-state index in [2.05, 4.69) is 20.8 Å². The van der Waals surface area contributed by atoms with Crippen LogP contribution < -0.4 is 0 Å². The second kappa shape index (κ2) is 10.8. The van der Waals surface area contributed by atoms with E-state index in [4.69, 9.17) is 27.6 Å². The maximum absolute atomic E-state index is 13.6. The van der Waals surface area contributed by atoms with E-state index in [1.165, 1.54) is 30.5 Å². The van der Waals surface area contributed by atoms with E-state index in [9.17, 15) is 8.78 Å². The predicted molar refractivity (Wildman–Crippen MR) is 129 cm³/mol. The van der Waals surface area contributed by atoms with Gasteiger partial charge in [-0.3, -0.25) is 0 Å². The molecule has 31 heavy (non-hydrogen) atoms. The van der Waals surface area contributed by atoms with Gasteiger partial charge in [-0.25, -0.2) is 8.78 Å². The maximum atomic E-state index is 13.6. The van der Waals surface area contributed by atoms with Crippen molar-refractivity contribution in [1.82, 2.24) is 0 Å². The molecule has 2 aromatic carbocycles. The normalized spacial score (nSPS) is 15.3. The largest absolute Gasteiger partial charge is 0.410 e. The van der Waals surface area contributed by atoms with Gasteiger partial charge in [-0.2, -0.15) is 0 Å². The van der Waals surface area contributed by atoms with Crippen molar-refractivity contribution >= 4 is 31.5 Å². The average molecular weight is 486 g/mol. The van der Waals surface area contributed by atoms with Crippen molar-refractivity contribution in [3.05, 3.63) is 68.7 Å². The molecule has 1 nitrogen and oxygen atoms in total. The van der Waals surface area contributed by atoms with E-state index < -0.39 is 20.0 Å². The molecule has 170 valence electrons.